The normalized spacial score (nSPS) is 23.8. The van der Waals surface area contributed by atoms with Gasteiger partial charge in [0.2, 0.25) is 5.91 Å². The summed E-state index contributed by atoms with van der Waals surface area (Å²) in [6.07, 6.45) is 4.27. The van der Waals surface area contributed by atoms with Gasteiger partial charge in [0.05, 0.1) is 6.04 Å². The molecule has 0 saturated carbocycles. The first kappa shape index (κ1) is 14.0. The van der Waals surface area contributed by atoms with Crippen molar-refractivity contribution in [2.75, 3.05) is 6.54 Å². The Hall–Kier alpha value is -1.46. The molecular formula is C14H22N4O. The van der Waals surface area contributed by atoms with Crippen molar-refractivity contribution < 1.29 is 4.79 Å². The zero-order valence-corrected chi connectivity index (χ0v) is 11.5. The van der Waals surface area contributed by atoms with Gasteiger partial charge in [-0.05, 0) is 38.0 Å². The second-order valence-corrected chi connectivity index (χ2v) is 5.46. The fraction of sp³-hybridized carbons (Fsp3) is 0.571. The molecule has 1 fully saturated rings. The van der Waals surface area contributed by atoms with Gasteiger partial charge in [0.15, 0.2) is 0 Å². The molecule has 1 aromatic heterocycles. The first-order chi connectivity index (χ1) is 9.06. The van der Waals surface area contributed by atoms with Crippen LogP contribution in [0.25, 0.3) is 0 Å². The maximum atomic E-state index is 12.2. The SMILES string of the molecule is CC(C)NC(=O)[C@@H]1C[C@@H](N)CN1Cc1ccncc1. The van der Waals surface area contributed by atoms with Gasteiger partial charge in [-0.3, -0.25) is 14.7 Å². The van der Waals surface area contributed by atoms with Crippen LogP contribution in [0.4, 0.5) is 0 Å². The van der Waals surface area contributed by atoms with E-state index in [1.165, 1.54) is 0 Å². The lowest BCUT2D eigenvalue weighted by Crippen LogP contribution is -2.45. The van der Waals surface area contributed by atoms with Gasteiger partial charge in [0, 0.05) is 37.6 Å². The second-order valence-electron chi connectivity index (χ2n) is 5.46. The van der Waals surface area contributed by atoms with Crippen LogP contribution < -0.4 is 11.1 Å². The van der Waals surface area contributed by atoms with E-state index in [2.05, 4.69) is 15.2 Å². The molecule has 0 spiro atoms. The van der Waals surface area contributed by atoms with Crippen molar-refractivity contribution in [3.05, 3.63) is 30.1 Å². The van der Waals surface area contributed by atoms with E-state index < -0.39 is 0 Å². The summed E-state index contributed by atoms with van der Waals surface area (Å²) in [4.78, 5) is 18.3. The first-order valence-corrected chi connectivity index (χ1v) is 6.75. The highest BCUT2D eigenvalue weighted by molar-refractivity contribution is 5.82. The number of rotatable bonds is 4. The van der Waals surface area contributed by atoms with Crippen molar-refractivity contribution in [1.82, 2.24) is 15.2 Å². The summed E-state index contributed by atoms with van der Waals surface area (Å²) in [6.45, 7) is 5.45. The quantitative estimate of drug-likeness (QED) is 0.829. The van der Waals surface area contributed by atoms with Crippen LogP contribution in [0.15, 0.2) is 24.5 Å². The number of amides is 1. The zero-order chi connectivity index (χ0) is 13.8. The van der Waals surface area contributed by atoms with Crippen LogP contribution in [-0.2, 0) is 11.3 Å². The van der Waals surface area contributed by atoms with Gasteiger partial charge in [0.25, 0.3) is 0 Å². The lowest BCUT2D eigenvalue weighted by Gasteiger charge is -2.24. The van der Waals surface area contributed by atoms with Crippen molar-refractivity contribution in [3.63, 3.8) is 0 Å². The molecule has 2 rings (SSSR count). The topological polar surface area (TPSA) is 71.2 Å². The van der Waals surface area contributed by atoms with E-state index in [1.54, 1.807) is 12.4 Å². The molecule has 0 aromatic carbocycles. The average Bonchev–Trinajstić information content (AvgIpc) is 2.71. The molecule has 104 valence electrons. The highest BCUT2D eigenvalue weighted by Gasteiger charge is 2.35. The molecule has 3 N–H and O–H groups in total. The van der Waals surface area contributed by atoms with E-state index in [1.807, 2.05) is 26.0 Å². The lowest BCUT2D eigenvalue weighted by molar-refractivity contribution is -0.126. The molecule has 2 heterocycles. The highest BCUT2D eigenvalue weighted by atomic mass is 16.2. The maximum Gasteiger partial charge on any atom is 0.237 e. The van der Waals surface area contributed by atoms with E-state index in [0.29, 0.717) is 0 Å². The lowest BCUT2D eigenvalue weighted by atomic mass is 10.1. The Balaban J connectivity index is 2.03. The number of likely N-dealkylation sites (tertiary alicyclic amines) is 1. The van der Waals surface area contributed by atoms with Crippen LogP contribution >= 0.6 is 0 Å². The standard InChI is InChI=1S/C14H22N4O/c1-10(2)17-14(19)13-7-12(15)9-18(13)8-11-3-5-16-6-4-11/h3-6,10,12-13H,7-9,15H2,1-2H3,(H,17,19)/t12-,13+/m1/s1. The molecule has 1 aliphatic heterocycles. The Bertz CT molecular complexity index is 421. The second kappa shape index (κ2) is 6.12. The fourth-order valence-electron chi connectivity index (χ4n) is 2.49. The van der Waals surface area contributed by atoms with Gasteiger partial charge in [-0.2, -0.15) is 0 Å². The van der Waals surface area contributed by atoms with Gasteiger partial charge >= 0.3 is 0 Å². The summed E-state index contributed by atoms with van der Waals surface area (Å²) < 4.78 is 0. The largest absolute Gasteiger partial charge is 0.353 e. The molecule has 1 amide bonds. The molecule has 1 aromatic rings. The van der Waals surface area contributed by atoms with E-state index >= 15 is 0 Å². The minimum atomic E-state index is -0.120. The van der Waals surface area contributed by atoms with Gasteiger partial charge in [-0.15, -0.1) is 0 Å². The van der Waals surface area contributed by atoms with Gasteiger partial charge in [-0.25, -0.2) is 0 Å². The Labute approximate surface area is 114 Å². The molecular weight excluding hydrogens is 240 g/mol. The number of nitrogens with one attached hydrogen (secondary N) is 1. The summed E-state index contributed by atoms with van der Waals surface area (Å²) in [5.74, 6) is 0.0806. The molecule has 1 aliphatic rings. The van der Waals surface area contributed by atoms with Crippen molar-refractivity contribution in [2.24, 2.45) is 5.73 Å². The monoisotopic (exact) mass is 262 g/mol. The van der Waals surface area contributed by atoms with Crippen LogP contribution in [0.3, 0.4) is 0 Å². The molecule has 0 bridgehead atoms. The Morgan fingerprint density at radius 1 is 1.53 bits per heavy atom. The molecule has 2 atom stereocenters. The van der Waals surface area contributed by atoms with Crippen molar-refractivity contribution in [1.29, 1.82) is 0 Å². The van der Waals surface area contributed by atoms with Crippen molar-refractivity contribution >= 4 is 5.91 Å². The number of carbonyl (C=O) groups is 1. The summed E-state index contributed by atoms with van der Waals surface area (Å²) in [6, 6.07) is 4.06. The molecule has 0 aliphatic carbocycles. The third-order valence-electron chi connectivity index (χ3n) is 3.30. The third kappa shape index (κ3) is 3.75. The molecule has 1 saturated heterocycles. The van der Waals surface area contributed by atoms with Crippen LogP contribution in [0.2, 0.25) is 0 Å². The summed E-state index contributed by atoms with van der Waals surface area (Å²) >= 11 is 0. The zero-order valence-electron chi connectivity index (χ0n) is 11.5. The van der Waals surface area contributed by atoms with E-state index in [-0.39, 0.29) is 24.0 Å². The number of nitrogens with zero attached hydrogens (tertiary/aromatic N) is 2. The summed E-state index contributed by atoms with van der Waals surface area (Å²) in [5, 5.41) is 2.97. The number of carbonyl (C=O) groups excluding carboxylic acids is 1. The summed E-state index contributed by atoms with van der Waals surface area (Å²) in [5.41, 5.74) is 7.16. The molecule has 0 unspecified atom stereocenters. The van der Waals surface area contributed by atoms with Crippen LogP contribution in [-0.4, -0.2) is 40.5 Å². The van der Waals surface area contributed by atoms with Crippen LogP contribution in [0, 0.1) is 0 Å². The van der Waals surface area contributed by atoms with Crippen molar-refractivity contribution in [3.8, 4) is 0 Å². The van der Waals surface area contributed by atoms with Gasteiger partial charge in [-0.1, -0.05) is 0 Å². The number of hydrogen-bond donors (Lipinski definition) is 2. The number of aromatic nitrogens is 1. The molecule has 5 heteroatoms. The smallest absolute Gasteiger partial charge is 0.237 e. The summed E-state index contributed by atoms with van der Waals surface area (Å²) in [7, 11) is 0. The first-order valence-electron chi connectivity index (χ1n) is 6.75. The predicted molar refractivity (Wildman–Crippen MR) is 74.3 cm³/mol. The molecule has 5 nitrogen and oxygen atoms in total. The van der Waals surface area contributed by atoms with E-state index in [0.717, 1.165) is 25.1 Å². The molecule has 0 radical (unpaired) electrons. The van der Waals surface area contributed by atoms with E-state index in [4.69, 9.17) is 5.73 Å². The Morgan fingerprint density at radius 2 is 2.21 bits per heavy atom. The maximum absolute atomic E-state index is 12.2. The van der Waals surface area contributed by atoms with Gasteiger partial charge in [0.1, 0.15) is 0 Å². The minimum Gasteiger partial charge on any atom is -0.353 e. The fourth-order valence-corrected chi connectivity index (χ4v) is 2.49. The Morgan fingerprint density at radius 3 is 2.84 bits per heavy atom. The highest BCUT2D eigenvalue weighted by Crippen LogP contribution is 2.19. The number of hydrogen-bond acceptors (Lipinski definition) is 4. The predicted octanol–water partition coefficient (Wildman–Crippen LogP) is 0.508. The van der Waals surface area contributed by atoms with Crippen LogP contribution in [0.5, 0.6) is 0 Å². The van der Waals surface area contributed by atoms with Crippen LogP contribution in [0.1, 0.15) is 25.8 Å². The van der Waals surface area contributed by atoms with E-state index in [9.17, 15) is 4.79 Å². The average molecular weight is 262 g/mol. The van der Waals surface area contributed by atoms with Crippen molar-refractivity contribution in [2.45, 2.75) is 44.9 Å². The third-order valence-corrected chi connectivity index (χ3v) is 3.30. The molecule has 19 heavy (non-hydrogen) atoms. The number of pyridine rings is 1. The Kier molecular flexibility index (Phi) is 4.50. The van der Waals surface area contributed by atoms with Gasteiger partial charge < -0.3 is 11.1 Å². The minimum absolute atomic E-state index is 0.0738. The number of nitrogens with two attached hydrogens (primary N) is 1.